The van der Waals surface area contributed by atoms with E-state index in [4.69, 9.17) is 0 Å². The lowest BCUT2D eigenvalue weighted by atomic mass is 9.85. The van der Waals surface area contributed by atoms with Gasteiger partial charge in [0.05, 0.1) is 0 Å². The van der Waals surface area contributed by atoms with Gasteiger partial charge in [-0.3, -0.25) is 9.59 Å². The van der Waals surface area contributed by atoms with Gasteiger partial charge in [0.1, 0.15) is 11.4 Å². The zero-order valence-electron chi connectivity index (χ0n) is 13.6. The number of likely N-dealkylation sites (tertiary alicyclic amines) is 1. The molecule has 1 aliphatic heterocycles. The number of carbonyl (C=O) groups excluding carboxylic acids is 2. The normalized spacial score (nSPS) is 19.5. The van der Waals surface area contributed by atoms with E-state index in [1.165, 1.54) is 18.2 Å². The molecule has 1 saturated heterocycles. The number of amides is 2. The van der Waals surface area contributed by atoms with E-state index < -0.39 is 5.54 Å². The highest BCUT2D eigenvalue weighted by molar-refractivity contribution is 5.91. The lowest BCUT2D eigenvalue weighted by Crippen LogP contribution is -2.59. The Balaban J connectivity index is 1.78. The Bertz CT molecular complexity index is 649. The van der Waals surface area contributed by atoms with Crippen molar-refractivity contribution < 1.29 is 14.0 Å². The highest BCUT2D eigenvalue weighted by Crippen LogP contribution is 2.30. The van der Waals surface area contributed by atoms with E-state index in [2.05, 4.69) is 17.2 Å². The largest absolute Gasteiger partial charge is 0.371 e. The number of hydrogen-bond acceptors (Lipinski definition) is 3. The molecule has 1 saturated carbocycles. The zero-order chi connectivity index (χ0) is 17.2. The lowest BCUT2D eigenvalue weighted by Gasteiger charge is -2.41. The van der Waals surface area contributed by atoms with Gasteiger partial charge in [-0.2, -0.15) is 0 Å². The zero-order valence-corrected chi connectivity index (χ0v) is 13.6. The number of anilines is 1. The molecular weight excluding hydrogens is 309 g/mol. The third-order valence-corrected chi connectivity index (χ3v) is 4.66. The second-order valence-corrected chi connectivity index (χ2v) is 6.49. The van der Waals surface area contributed by atoms with Gasteiger partial charge in [0.2, 0.25) is 11.8 Å². The molecule has 2 aliphatic rings. The fourth-order valence-electron chi connectivity index (χ4n) is 3.04. The second kappa shape index (κ2) is 6.63. The van der Waals surface area contributed by atoms with Gasteiger partial charge in [-0.15, -0.1) is 0 Å². The molecule has 2 fully saturated rings. The summed E-state index contributed by atoms with van der Waals surface area (Å²) in [7, 11) is 0. The molecule has 1 aromatic carbocycles. The van der Waals surface area contributed by atoms with Crippen molar-refractivity contribution in [2.45, 2.75) is 37.3 Å². The van der Waals surface area contributed by atoms with Crippen molar-refractivity contribution in [3.63, 3.8) is 0 Å². The molecule has 0 radical (unpaired) electrons. The summed E-state index contributed by atoms with van der Waals surface area (Å²) in [5, 5.41) is 6.27. The first-order chi connectivity index (χ1) is 11.5. The molecule has 5 nitrogen and oxygen atoms in total. The van der Waals surface area contributed by atoms with Crippen molar-refractivity contribution in [1.82, 2.24) is 10.2 Å². The summed E-state index contributed by atoms with van der Waals surface area (Å²) >= 11 is 0. The average molecular weight is 331 g/mol. The maximum atomic E-state index is 13.5. The van der Waals surface area contributed by atoms with E-state index in [0.717, 1.165) is 12.8 Å². The average Bonchev–Trinajstić information content (AvgIpc) is 3.39. The van der Waals surface area contributed by atoms with Crippen LogP contribution in [0, 0.1) is 5.82 Å². The predicted molar refractivity (Wildman–Crippen MR) is 89.9 cm³/mol. The third kappa shape index (κ3) is 3.58. The van der Waals surface area contributed by atoms with Crippen LogP contribution in [0.4, 0.5) is 10.1 Å². The minimum atomic E-state index is -0.825. The molecule has 3 rings (SSSR count). The van der Waals surface area contributed by atoms with E-state index in [1.807, 2.05) is 0 Å². The number of carbonyl (C=O) groups is 2. The van der Waals surface area contributed by atoms with Crippen molar-refractivity contribution >= 4 is 17.5 Å². The van der Waals surface area contributed by atoms with Crippen molar-refractivity contribution in [3.05, 3.63) is 42.7 Å². The van der Waals surface area contributed by atoms with Crippen LogP contribution in [0.2, 0.25) is 0 Å². The molecule has 0 aromatic heterocycles. The van der Waals surface area contributed by atoms with Gasteiger partial charge in [0.15, 0.2) is 0 Å². The van der Waals surface area contributed by atoms with Gasteiger partial charge >= 0.3 is 0 Å². The number of nitrogens with zero attached hydrogens (tertiary/aromatic N) is 1. The van der Waals surface area contributed by atoms with Crippen LogP contribution in [0.3, 0.4) is 0 Å². The van der Waals surface area contributed by atoms with Crippen LogP contribution < -0.4 is 10.6 Å². The summed E-state index contributed by atoms with van der Waals surface area (Å²) in [6, 6.07) is 6.36. The minimum absolute atomic E-state index is 0.0695. The molecular formula is C18H22FN3O2. The van der Waals surface area contributed by atoms with Crippen molar-refractivity contribution in [1.29, 1.82) is 0 Å². The number of nitrogens with one attached hydrogen (secondary N) is 2. The molecule has 0 spiro atoms. The quantitative estimate of drug-likeness (QED) is 0.812. The van der Waals surface area contributed by atoms with E-state index in [1.54, 1.807) is 17.0 Å². The third-order valence-electron chi connectivity index (χ3n) is 4.66. The van der Waals surface area contributed by atoms with Crippen LogP contribution >= 0.6 is 0 Å². The summed E-state index contributed by atoms with van der Waals surface area (Å²) in [6.45, 7) is 4.43. The molecule has 24 heavy (non-hydrogen) atoms. The van der Waals surface area contributed by atoms with Crippen LogP contribution in [0.1, 0.15) is 25.7 Å². The molecule has 0 unspecified atom stereocenters. The Kier molecular flexibility index (Phi) is 4.55. The highest BCUT2D eigenvalue weighted by atomic mass is 19.1. The van der Waals surface area contributed by atoms with Crippen molar-refractivity contribution in [3.8, 4) is 0 Å². The number of piperidine rings is 1. The number of benzene rings is 1. The Morgan fingerprint density at radius 1 is 1.29 bits per heavy atom. The molecule has 1 heterocycles. The summed E-state index contributed by atoms with van der Waals surface area (Å²) in [5.74, 6) is -0.547. The maximum Gasteiger partial charge on any atom is 0.246 e. The number of rotatable bonds is 5. The monoisotopic (exact) mass is 331 g/mol. The van der Waals surface area contributed by atoms with Gasteiger partial charge in [-0.05, 0) is 50.0 Å². The topological polar surface area (TPSA) is 61.4 Å². The number of halogens is 1. The van der Waals surface area contributed by atoms with Crippen molar-refractivity contribution in [2.24, 2.45) is 0 Å². The molecule has 128 valence electrons. The van der Waals surface area contributed by atoms with E-state index in [9.17, 15) is 14.0 Å². The summed E-state index contributed by atoms with van der Waals surface area (Å²) < 4.78 is 13.5. The molecule has 2 N–H and O–H groups in total. The first kappa shape index (κ1) is 16.5. The standard InChI is InChI=1S/C18H22FN3O2/c1-2-16(23)22-10-8-18(9-11-22,17(24)20-14-6-7-14)21-15-5-3-4-13(19)12-15/h2-5,12,14,21H,1,6-11H2,(H,20,24). The first-order valence-corrected chi connectivity index (χ1v) is 8.28. The van der Waals surface area contributed by atoms with Gasteiger partial charge in [0, 0.05) is 24.8 Å². The van der Waals surface area contributed by atoms with Crippen molar-refractivity contribution in [2.75, 3.05) is 18.4 Å². The SMILES string of the molecule is C=CC(=O)N1CCC(Nc2cccc(F)c2)(C(=O)NC2CC2)CC1. The fraction of sp³-hybridized carbons (Fsp3) is 0.444. The Morgan fingerprint density at radius 3 is 2.58 bits per heavy atom. The predicted octanol–water partition coefficient (Wildman–Crippen LogP) is 2.06. The first-order valence-electron chi connectivity index (χ1n) is 8.28. The van der Waals surface area contributed by atoms with Crippen LogP contribution in [0.5, 0.6) is 0 Å². The van der Waals surface area contributed by atoms with Crippen LogP contribution in [-0.2, 0) is 9.59 Å². The van der Waals surface area contributed by atoms with E-state index in [-0.39, 0.29) is 23.7 Å². The van der Waals surface area contributed by atoms with Crippen LogP contribution in [0.25, 0.3) is 0 Å². The molecule has 1 aliphatic carbocycles. The fourth-order valence-corrected chi connectivity index (χ4v) is 3.04. The summed E-state index contributed by atoms with van der Waals surface area (Å²) in [5.41, 5.74) is -0.252. The molecule has 2 amide bonds. The smallest absolute Gasteiger partial charge is 0.246 e. The lowest BCUT2D eigenvalue weighted by molar-refractivity contribution is -0.132. The van der Waals surface area contributed by atoms with Gasteiger partial charge in [-0.1, -0.05) is 12.6 Å². The molecule has 0 atom stereocenters. The molecule has 6 heteroatoms. The molecule has 0 bridgehead atoms. The number of hydrogen-bond donors (Lipinski definition) is 2. The van der Waals surface area contributed by atoms with Gasteiger partial charge in [-0.25, -0.2) is 4.39 Å². The van der Waals surface area contributed by atoms with Crippen LogP contribution in [-0.4, -0.2) is 41.4 Å². The Labute approximate surface area is 140 Å². The van der Waals surface area contributed by atoms with Crippen LogP contribution in [0.15, 0.2) is 36.9 Å². The second-order valence-electron chi connectivity index (χ2n) is 6.49. The summed E-state index contributed by atoms with van der Waals surface area (Å²) in [6.07, 6.45) is 4.24. The summed E-state index contributed by atoms with van der Waals surface area (Å²) in [4.78, 5) is 26.3. The van der Waals surface area contributed by atoms with E-state index in [0.29, 0.717) is 31.6 Å². The van der Waals surface area contributed by atoms with Gasteiger partial charge < -0.3 is 15.5 Å². The minimum Gasteiger partial charge on any atom is -0.371 e. The Morgan fingerprint density at radius 2 is 2.00 bits per heavy atom. The highest BCUT2D eigenvalue weighted by Gasteiger charge is 2.43. The maximum absolute atomic E-state index is 13.5. The molecule has 1 aromatic rings. The van der Waals surface area contributed by atoms with E-state index >= 15 is 0 Å². The Hall–Kier alpha value is -2.37. The van der Waals surface area contributed by atoms with Gasteiger partial charge in [0.25, 0.3) is 0 Å².